The van der Waals surface area contributed by atoms with Crippen LogP contribution in [-0.2, 0) is 16.6 Å². The zero-order valence-corrected chi connectivity index (χ0v) is 18.4. The summed E-state index contributed by atoms with van der Waals surface area (Å²) in [5, 5.41) is 14.7. The van der Waals surface area contributed by atoms with Crippen LogP contribution in [0.25, 0.3) is 5.82 Å². The number of aromatic nitrogens is 3. The Balaban J connectivity index is 1.50. The van der Waals surface area contributed by atoms with Gasteiger partial charge in [-0.2, -0.15) is 4.31 Å². The van der Waals surface area contributed by atoms with Crippen LogP contribution in [0, 0.1) is 16.0 Å². The average Bonchev–Trinajstić information content (AvgIpc) is 3.33. The van der Waals surface area contributed by atoms with Gasteiger partial charge in [-0.05, 0) is 42.5 Å². The summed E-state index contributed by atoms with van der Waals surface area (Å²) in [7, 11) is -3.77. The third kappa shape index (κ3) is 4.63. The number of pyridine rings is 1. The Hall–Kier alpha value is -3.31. The second kappa shape index (κ2) is 9.05. The summed E-state index contributed by atoms with van der Waals surface area (Å²) >= 11 is 0. The highest BCUT2D eigenvalue weighted by Crippen LogP contribution is 2.31. The third-order valence-corrected chi connectivity index (χ3v) is 7.50. The van der Waals surface area contributed by atoms with Crippen molar-refractivity contribution in [3.8, 4) is 5.82 Å². The maximum Gasteiger partial charge on any atom is 0.293 e. The fourth-order valence-electron chi connectivity index (χ4n) is 3.61. The molecule has 0 aliphatic carbocycles. The Morgan fingerprint density at radius 3 is 2.62 bits per heavy atom. The maximum absolute atomic E-state index is 13.0. The minimum absolute atomic E-state index is 0.0596. The van der Waals surface area contributed by atoms with Crippen molar-refractivity contribution < 1.29 is 13.3 Å². The van der Waals surface area contributed by atoms with Crippen molar-refractivity contribution in [1.82, 2.24) is 18.8 Å². The molecule has 0 unspecified atom stereocenters. The Morgan fingerprint density at radius 1 is 1.22 bits per heavy atom. The molecular weight excluding hydrogens is 432 g/mol. The van der Waals surface area contributed by atoms with E-state index in [1.54, 1.807) is 29.5 Å². The lowest BCUT2D eigenvalue weighted by molar-refractivity contribution is -0.384. The van der Waals surface area contributed by atoms with Crippen molar-refractivity contribution >= 4 is 21.4 Å². The molecule has 1 aliphatic heterocycles. The third-order valence-electron chi connectivity index (χ3n) is 5.61. The van der Waals surface area contributed by atoms with Crippen LogP contribution in [0.2, 0.25) is 0 Å². The van der Waals surface area contributed by atoms with E-state index in [0.717, 1.165) is 24.5 Å². The van der Waals surface area contributed by atoms with Crippen molar-refractivity contribution in [2.45, 2.75) is 31.2 Å². The number of benzene rings is 1. The van der Waals surface area contributed by atoms with Crippen molar-refractivity contribution in [2.75, 3.05) is 18.4 Å². The highest BCUT2D eigenvalue weighted by molar-refractivity contribution is 7.89. The predicted octanol–water partition coefficient (Wildman–Crippen LogP) is 3.21. The van der Waals surface area contributed by atoms with Gasteiger partial charge in [0, 0.05) is 44.3 Å². The van der Waals surface area contributed by atoms with Crippen LogP contribution >= 0.6 is 0 Å². The molecule has 3 heterocycles. The molecule has 1 aromatic carbocycles. The smallest absolute Gasteiger partial charge is 0.293 e. The van der Waals surface area contributed by atoms with Crippen LogP contribution in [0.15, 0.2) is 60.1 Å². The van der Waals surface area contributed by atoms with Gasteiger partial charge in [0.1, 0.15) is 17.8 Å². The molecule has 1 saturated heterocycles. The lowest BCUT2D eigenvalue weighted by Gasteiger charge is -2.29. The maximum atomic E-state index is 13.0. The summed E-state index contributed by atoms with van der Waals surface area (Å²) in [5.74, 6) is 1.18. The molecule has 168 valence electrons. The number of imidazole rings is 1. The molecule has 0 spiro atoms. The lowest BCUT2D eigenvalue weighted by Crippen LogP contribution is -2.37. The van der Waals surface area contributed by atoms with Gasteiger partial charge in [-0.25, -0.2) is 18.4 Å². The summed E-state index contributed by atoms with van der Waals surface area (Å²) in [6.07, 6.45) is 8.33. The van der Waals surface area contributed by atoms with Crippen LogP contribution in [0.1, 0.15) is 25.3 Å². The van der Waals surface area contributed by atoms with Crippen molar-refractivity contribution in [3.63, 3.8) is 0 Å². The van der Waals surface area contributed by atoms with Gasteiger partial charge in [-0.3, -0.25) is 14.7 Å². The van der Waals surface area contributed by atoms with Gasteiger partial charge in [0.2, 0.25) is 10.0 Å². The summed E-state index contributed by atoms with van der Waals surface area (Å²) in [6.45, 7) is 3.25. The molecule has 0 atom stereocenters. The SMILES string of the molecule is CC1CCN(S(=O)(=O)c2ccc(NCc3ccc(-n4ccnc4)nc3)c([N+](=O)[O-])c2)CC1. The number of rotatable bonds is 7. The van der Waals surface area contributed by atoms with Gasteiger partial charge in [-0.1, -0.05) is 13.0 Å². The molecule has 11 heteroatoms. The van der Waals surface area contributed by atoms with E-state index in [0.29, 0.717) is 31.4 Å². The quantitative estimate of drug-likeness (QED) is 0.428. The van der Waals surface area contributed by atoms with E-state index in [-0.39, 0.29) is 16.3 Å². The molecule has 10 nitrogen and oxygen atoms in total. The van der Waals surface area contributed by atoms with E-state index in [1.807, 2.05) is 12.1 Å². The molecule has 3 aromatic rings. The lowest BCUT2D eigenvalue weighted by atomic mass is 10.0. The summed E-state index contributed by atoms with van der Waals surface area (Å²) in [4.78, 5) is 19.4. The van der Waals surface area contributed by atoms with Crippen molar-refractivity contribution in [2.24, 2.45) is 5.92 Å². The first-order valence-electron chi connectivity index (χ1n) is 10.3. The second-order valence-electron chi connectivity index (χ2n) is 7.87. The molecule has 0 saturated carbocycles. The van der Waals surface area contributed by atoms with E-state index in [4.69, 9.17) is 0 Å². The number of nitrogens with zero attached hydrogens (tertiary/aromatic N) is 5. The van der Waals surface area contributed by atoms with Crippen molar-refractivity contribution in [3.05, 3.63) is 70.9 Å². The average molecular weight is 457 g/mol. The first-order chi connectivity index (χ1) is 15.3. The Bertz CT molecular complexity index is 1190. The molecule has 4 rings (SSSR count). The Morgan fingerprint density at radius 2 is 2.00 bits per heavy atom. The van der Waals surface area contributed by atoms with Crippen molar-refractivity contribution in [1.29, 1.82) is 0 Å². The van der Waals surface area contributed by atoms with E-state index in [2.05, 4.69) is 22.2 Å². The van der Waals surface area contributed by atoms with Gasteiger partial charge in [0.25, 0.3) is 5.69 Å². The van der Waals surface area contributed by atoms with Gasteiger partial charge in [0.05, 0.1) is 9.82 Å². The highest BCUT2D eigenvalue weighted by Gasteiger charge is 2.30. The fourth-order valence-corrected chi connectivity index (χ4v) is 5.10. The van der Waals surface area contributed by atoms with Gasteiger partial charge >= 0.3 is 0 Å². The van der Waals surface area contributed by atoms with E-state index in [1.165, 1.54) is 16.4 Å². The molecule has 2 aromatic heterocycles. The highest BCUT2D eigenvalue weighted by atomic mass is 32.2. The first kappa shape index (κ1) is 21.9. The fraction of sp³-hybridized carbons (Fsp3) is 0.333. The van der Waals surface area contributed by atoms with Crippen LogP contribution in [0.3, 0.4) is 0 Å². The van der Waals surface area contributed by atoms with E-state index >= 15 is 0 Å². The number of nitro groups is 1. The normalized spacial score (nSPS) is 15.5. The summed E-state index contributed by atoms with van der Waals surface area (Å²) in [5.41, 5.74) is 0.793. The van der Waals surface area contributed by atoms with Crippen LogP contribution < -0.4 is 5.32 Å². The largest absolute Gasteiger partial charge is 0.375 e. The molecule has 1 N–H and O–H groups in total. The zero-order valence-electron chi connectivity index (χ0n) is 17.6. The molecular formula is C21H24N6O4S. The van der Waals surface area contributed by atoms with Crippen LogP contribution in [0.4, 0.5) is 11.4 Å². The summed E-state index contributed by atoms with van der Waals surface area (Å²) < 4.78 is 29.1. The minimum atomic E-state index is -3.77. The monoisotopic (exact) mass is 456 g/mol. The molecule has 1 aliphatic rings. The number of sulfonamides is 1. The second-order valence-corrected chi connectivity index (χ2v) is 9.81. The molecule has 0 radical (unpaired) electrons. The molecule has 0 bridgehead atoms. The number of anilines is 1. The van der Waals surface area contributed by atoms with Crippen LogP contribution in [-0.4, -0.2) is 45.3 Å². The number of hydrogen-bond acceptors (Lipinski definition) is 7. The number of hydrogen-bond donors (Lipinski definition) is 1. The topological polar surface area (TPSA) is 123 Å². The Labute approximate surface area is 186 Å². The minimum Gasteiger partial charge on any atom is -0.375 e. The Kier molecular flexibility index (Phi) is 6.19. The molecule has 0 amide bonds. The number of nitro benzene ring substituents is 1. The predicted molar refractivity (Wildman–Crippen MR) is 119 cm³/mol. The van der Waals surface area contributed by atoms with E-state index < -0.39 is 14.9 Å². The first-order valence-corrected chi connectivity index (χ1v) is 11.7. The summed E-state index contributed by atoms with van der Waals surface area (Å²) in [6, 6.07) is 7.68. The number of nitrogens with one attached hydrogen (secondary N) is 1. The van der Waals surface area contributed by atoms with Gasteiger partial charge in [0.15, 0.2) is 0 Å². The standard InChI is InChI=1S/C21H24N6O4S/c1-16-6-9-26(10-7-16)32(30,31)18-3-4-19(20(12-18)27(28)29)23-13-17-2-5-21(24-14-17)25-11-8-22-15-25/h2-5,8,11-12,14-16,23H,6-7,9-10,13H2,1H3. The van der Waals surface area contributed by atoms with Gasteiger partial charge < -0.3 is 5.32 Å². The molecule has 1 fully saturated rings. The van der Waals surface area contributed by atoms with Crippen LogP contribution in [0.5, 0.6) is 0 Å². The van der Waals surface area contributed by atoms with Gasteiger partial charge in [-0.15, -0.1) is 0 Å². The van der Waals surface area contributed by atoms with E-state index in [9.17, 15) is 18.5 Å². The zero-order chi connectivity index (χ0) is 22.7. The molecule has 32 heavy (non-hydrogen) atoms. The number of piperidine rings is 1.